The highest BCUT2D eigenvalue weighted by atomic mass is 16.5. The van der Waals surface area contributed by atoms with Gasteiger partial charge in [0.2, 0.25) is 5.91 Å². The van der Waals surface area contributed by atoms with Crippen LogP contribution in [0.2, 0.25) is 0 Å². The summed E-state index contributed by atoms with van der Waals surface area (Å²) < 4.78 is 7.12. The average Bonchev–Trinajstić information content (AvgIpc) is 3.34. The Labute approximate surface area is 223 Å². The Morgan fingerprint density at radius 3 is 2.32 bits per heavy atom. The van der Waals surface area contributed by atoms with E-state index in [0.717, 1.165) is 35.3 Å². The smallest absolute Gasteiger partial charge is 0.272 e. The molecule has 1 aliphatic heterocycles. The number of nitrogens with one attached hydrogen (secondary N) is 2. The number of hydrogen-bond donors (Lipinski definition) is 2. The van der Waals surface area contributed by atoms with Gasteiger partial charge in [-0.2, -0.15) is 5.10 Å². The van der Waals surface area contributed by atoms with Crippen LogP contribution in [0, 0.1) is 6.92 Å². The van der Waals surface area contributed by atoms with Crippen molar-refractivity contribution in [2.24, 2.45) is 0 Å². The maximum absolute atomic E-state index is 13.2. The van der Waals surface area contributed by atoms with Gasteiger partial charge in [0.15, 0.2) is 5.69 Å². The van der Waals surface area contributed by atoms with Gasteiger partial charge in [0.1, 0.15) is 17.0 Å². The highest BCUT2D eigenvalue weighted by Crippen LogP contribution is 2.26. The summed E-state index contributed by atoms with van der Waals surface area (Å²) in [5.74, 6) is -0.252. The van der Waals surface area contributed by atoms with Crippen molar-refractivity contribution in [1.82, 2.24) is 25.3 Å². The van der Waals surface area contributed by atoms with Crippen molar-refractivity contribution in [1.29, 1.82) is 0 Å². The average molecular weight is 518 g/mol. The number of aryl methyl sites for hydroxylation is 1. The Balaban J connectivity index is 1.38. The molecule has 0 radical (unpaired) electrons. The maximum atomic E-state index is 13.2. The third-order valence-electron chi connectivity index (χ3n) is 6.94. The third-order valence-corrected chi connectivity index (χ3v) is 6.94. The molecule has 0 unspecified atom stereocenters. The second kappa shape index (κ2) is 11.5. The summed E-state index contributed by atoms with van der Waals surface area (Å²) in [4.78, 5) is 40.6. The molecule has 1 aliphatic rings. The van der Waals surface area contributed by atoms with Crippen LogP contribution < -0.4 is 15.4 Å². The molecule has 1 aromatic heterocycles. The van der Waals surface area contributed by atoms with Crippen molar-refractivity contribution in [3.8, 4) is 5.75 Å². The van der Waals surface area contributed by atoms with Crippen LogP contribution >= 0.6 is 0 Å². The first-order valence-corrected chi connectivity index (χ1v) is 12.9. The number of rotatable bonds is 10. The molecule has 0 fully saturated rings. The Hall–Kier alpha value is -4.14. The zero-order valence-electron chi connectivity index (χ0n) is 22.4. The third kappa shape index (κ3) is 5.88. The van der Waals surface area contributed by atoms with Crippen molar-refractivity contribution in [2.45, 2.75) is 58.8 Å². The van der Waals surface area contributed by atoms with Crippen LogP contribution in [-0.4, -0.2) is 51.6 Å². The standard InChI is InChI=1S/C29H35N5O4/c1-5-6-15-38-23-13-11-22(12-14-23)17-30-26(35)24-16-25-27(36)33(4)29(3,19-34(25)32-24)28(37)31-18-21-9-7-20(2)8-10-21/h7-14,16H,5-6,15,17-19H2,1-4H3,(H,30,35)(H,31,37)/t29-/m1/s1. The molecule has 1 atom stereocenters. The SMILES string of the molecule is CCCCOc1ccc(CNC(=O)c2cc3n(n2)C[C@](C)(C(=O)NCc2ccc(C)cc2)N(C)C3=O)cc1. The van der Waals surface area contributed by atoms with E-state index in [-0.39, 0.29) is 29.7 Å². The number of nitrogens with zero attached hydrogens (tertiary/aromatic N) is 3. The van der Waals surface area contributed by atoms with Crippen molar-refractivity contribution < 1.29 is 19.1 Å². The Bertz CT molecular complexity index is 1300. The molecular weight excluding hydrogens is 482 g/mol. The molecule has 0 bridgehead atoms. The molecule has 2 aromatic carbocycles. The number of aromatic nitrogens is 2. The van der Waals surface area contributed by atoms with E-state index in [0.29, 0.717) is 19.7 Å². The lowest BCUT2D eigenvalue weighted by molar-refractivity contribution is -0.132. The van der Waals surface area contributed by atoms with Gasteiger partial charge in [0.25, 0.3) is 11.8 Å². The first kappa shape index (κ1) is 26.9. The number of ether oxygens (including phenoxy) is 1. The van der Waals surface area contributed by atoms with Crippen LogP contribution in [0.5, 0.6) is 5.75 Å². The number of carbonyl (C=O) groups is 3. The highest BCUT2D eigenvalue weighted by molar-refractivity contribution is 6.01. The lowest BCUT2D eigenvalue weighted by Crippen LogP contribution is -2.62. The lowest BCUT2D eigenvalue weighted by atomic mass is 9.95. The largest absolute Gasteiger partial charge is 0.494 e. The van der Waals surface area contributed by atoms with Crippen LogP contribution in [0.25, 0.3) is 0 Å². The van der Waals surface area contributed by atoms with Gasteiger partial charge in [-0.15, -0.1) is 0 Å². The summed E-state index contributed by atoms with van der Waals surface area (Å²) in [5.41, 5.74) is 2.27. The number of amides is 3. The monoisotopic (exact) mass is 517 g/mol. The fourth-order valence-electron chi connectivity index (χ4n) is 4.23. The van der Waals surface area contributed by atoms with Crippen molar-refractivity contribution in [2.75, 3.05) is 13.7 Å². The van der Waals surface area contributed by atoms with Gasteiger partial charge in [-0.25, -0.2) is 0 Å². The molecule has 3 aromatic rings. The van der Waals surface area contributed by atoms with E-state index in [1.165, 1.54) is 15.6 Å². The van der Waals surface area contributed by atoms with E-state index in [1.54, 1.807) is 14.0 Å². The number of carbonyl (C=O) groups excluding carboxylic acids is 3. The molecule has 200 valence electrons. The van der Waals surface area contributed by atoms with E-state index in [2.05, 4.69) is 22.7 Å². The second-order valence-electron chi connectivity index (χ2n) is 9.91. The van der Waals surface area contributed by atoms with Gasteiger partial charge in [0, 0.05) is 26.2 Å². The van der Waals surface area contributed by atoms with Gasteiger partial charge in [0.05, 0.1) is 13.2 Å². The predicted molar refractivity (Wildman–Crippen MR) is 144 cm³/mol. The number of hydrogen-bond acceptors (Lipinski definition) is 5. The topological polar surface area (TPSA) is 106 Å². The molecule has 2 heterocycles. The second-order valence-corrected chi connectivity index (χ2v) is 9.91. The maximum Gasteiger partial charge on any atom is 0.272 e. The van der Waals surface area contributed by atoms with Gasteiger partial charge < -0.3 is 20.3 Å². The van der Waals surface area contributed by atoms with Gasteiger partial charge in [-0.3, -0.25) is 19.1 Å². The number of benzene rings is 2. The molecule has 3 amide bonds. The van der Waals surface area contributed by atoms with E-state index in [1.807, 2.05) is 55.5 Å². The predicted octanol–water partition coefficient (Wildman–Crippen LogP) is 3.46. The molecule has 9 heteroatoms. The molecule has 0 aliphatic carbocycles. The fourth-order valence-corrected chi connectivity index (χ4v) is 4.23. The summed E-state index contributed by atoms with van der Waals surface area (Å²) >= 11 is 0. The van der Waals surface area contributed by atoms with Gasteiger partial charge in [-0.1, -0.05) is 55.3 Å². The van der Waals surface area contributed by atoms with E-state index < -0.39 is 11.4 Å². The minimum atomic E-state index is -1.16. The van der Waals surface area contributed by atoms with Crippen LogP contribution in [0.4, 0.5) is 0 Å². The van der Waals surface area contributed by atoms with Crippen LogP contribution in [0.15, 0.2) is 54.6 Å². The Morgan fingerprint density at radius 1 is 1.03 bits per heavy atom. The molecule has 38 heavy (non-hydrogen) atoms. The van der Waals surface area contributed by atoms with Crippen LogP contribution in [0.3, 0.4) is 0 Å². The summed E-state index contributed by atoms with van der Waals surface area (Å²) in [5, 5.41) is 10.1. The zero-order chi connectivity index (χ0) is 27.3. The Kier molecular flexibility index (Phi) is 8.14. The van der Waals surface area contributed by atoms with E-state index in [4.69, 9.17) is 4.74 Å². The van der Waals surface area contributed by atoms with Crippen LogP contribution in [-0.2, 0) is 24.4 Å². The summed E-state index contributed by atoms with van der Waals surface area (Å²) in [6, 6.07) is 16.9. The molecule has 0 saturated carbocycles. The summed E-state index contributed by atoms with van der Waals surface area (Å²) in [6.45, 7) is 7.30. The van der Waals surface area contributed by atoms with Crippen molar-refractivity contribution in [3.63, 3.8) is 0 Å². The summed E-state index contributed by atoms with van der Waals surface area (Å²) in [7, 11) is 1.60. The van der Waals surface area contributed by atoms with Crippen molar-refractivity contribution >= 4 is 17.7 Å². The van der Waals surface area contributed by atoms with Gasteiger partial charge >= 0.3 is 0 Å². The molecule has 2 N–H and O–H groups in total. The quantitative estimate of drug-likeness (QED) is 0.401. The normalized spacial score (nSPS) is 16.6. The first-order valence-electron chi connectivity index (χ1n) is 12.9. The lowest BCUT2D eigenvalue weighted by Gasteiger charge is -2.40. The zero-order valence-corrected chi connectivity index (χ0v) is 22.4. The minimum Gasteiger partial charge on any atom is -0.494 e. The molecule has 0 saturated heterocycles. The molecule has 0 spiro atoms. The highest BCUT2D eigenvalue weighted by Gasteiger charge is 2.46. The van der Waals surface area contributed by atoms with E-state index in [9.17, 15) is 14.4 Å². The van der Waals surface area contributed by atoms with Crippen LogP contribution in [0.1, 0.15) is 64.4 Å². The first-order chi connectivity index (χ1) is 18.2. The van der Waals surface area contributed by atoms with Crippen molar-refractivity contribution in [3.05, 3.63) is 82.7 Å². The number of fused-ring (bicyclic) bond motifs is 1. The van der Waals surface area contributed by atoms with Gasteiger partial charge in [-0.05, 0) is 43.5 Å². The number of likely N-dealkylation sites (N-methyl/N-ethyl adjacent to an activating group) is 1. The molecule has 9 nitrogen and oxygen atoms in total. The number of unbranched alkanes of at least 4 members (excludes halogenated alkanes) is 1. The fraction of sp³-hybridized carbons (Fsp3) is 0.379. The molecule has 4 rings (SSSR count). The van der Waals surface area contributed by atoms with E-state index >= 15 is 0 Å². The summed E-state index contributed by atoms with van der Waals surface area (Å²) in [6.07, 6.45) is 2.08. The Morgan fingerprint density at radius 2 is 1.66 bits per heavy atom. The minimum absolute atomic E-state index is 0.130. The molecular formula is C29H35N5O4.